The molecule has 1 aliphatic rings. The van der Waals surface area contributed by atoms with Gasteiger partial charge in [-0.25, -0.2) is 9.19 Å². The zero-order valence-electron chi connectivity index (χ0n) is 22.1. The fourth-order valence-corrected chi connectivity index (χ4v) is 5.41. The second-order valence-electron chi connectivity index (χ2n) is 10.0. The molecule has 2 N–H and O–H groups in total. The SMILES string of the molecule is CC(C)[C@@H]1c2ccc(C(=O)NCc3ccc(C(C)S(=O)O)cc3)cc2CCN1Cc1ccc(OC(F)F)nc1. The van der Waals surface area contributed by atoms with Crippen molar-refractivity contribution >= 4 is 17.0 Å². The van der Waals surface area contributed by atoms with Crippen molar-refractivity contribution in [2.45, 2.75) is 58.2 Å². The van der Waals surface area contributed by atoms with Crippen LogP contribution in [0.15, 0.2) is 60.8 Å². The number of amides is 1. The van der Waals surface area contributed by atoms with E-state index in [0.717, 1.165) is 35.2 Å². The maximum Gasteiger partial charge on any atom is 0.388 e. The molecule has 7 nitrogen and oxygen atoms in total. The van der Waals surface area contributed by atoms with Gasteiger partial charge < -0.3 is 14.6 Å². The third-order valence-electron chi connectivity index (χ3n) is 7.01. The highest BCUT2D eigenvalue weighted by molar-refractivity contribution is 7.79. The predicted octanol–water partition coefficient (Wildman–Crippen LogP) is 5.65. The number of hydrogen-bond acceptors (Lipinski definition) is 5. The molecule has 0 aliphatic carbocycles. The highest BCUT2D eigenvalue weighted by Crippen LogP contribution is 2.36. The van der Waals surface area contributed by atoms with E-state index in [-0.39, 0.29) is 17.8 Å². The monoisotopic (exact) mass is 557 g/mol. The summed E-state index contributed by atoms with van der Waals surface area (Å²) in [5.74, 6) is 0.0504. The number of hydrogen-bond donors (Lipinski definition) is 2. The summed E-state index contributed by atoms with van der Waals surface area (Å²) >= 11 is -1.93. The van der Waals surface area contributed by atoms with Crippen molar-refractivity contribution in [3.05, 3.63) is 94.2 Å². The fraction of sp³-hybridized carbons (Fsp3) is 0.379. The van der Waals surface area contributed by atoms with Gasteiger partial charge in [-0.15, -0.1) is 0 Å². The van der Waals surface area contributed by atoms with Crippen molar-refractivity contribution in [3.63, 3.8) is 0 Å². The average molecular weight is 558 g/mol. The molecule has 1 aromatic heterocycles. The van der Waals surface area contributed by atoms with Crippen molar-refractivity contribution < 1.29 is 27.1 Å². The summed E-state index contributed by atoms with van der Waals surface area (Å²) in [6.45, 7) is 4.88. The van der Waals surface area contributed by atoms with Gasteiger partial charge in [-0.05, 0) is 59.2 Å². The number of pyridine rings is 1. The van der Waals surface area contributed by atoms with Crippen LogP contribution in [0.2, 0.25) is 0 Å². The Labute approximate surface area is 229 Å². The van der Waals surface area contributed by atoms with Gasteiger partial charge in [-0.1, -0.05) is 50.2 Å². The lowest BCUT2D eigenvalue weighted by atomic mass is 9.85. The normalized spacial score (nSPS) is 17.1. The number of halogens is 2. The van der Waals surface area contributed by atoms with E-state index in [0.29, 0.717) is 24.6 Å². The molecule has 1 amide bonds. The Kier molecular flexibility index (Phi) is 9.42. The standard InChI is InChI=1S/C29H33F2N3O4S/c1-18(2)27-25-10-9-24(28(35)33-15-20-4-7-22(8-5-20)19(3)39(36)37)14-23(25)12-13-34(27)17-21-6-11-26(32-16-21)38-29(30)31/h4-11,14,16,18-19,27,29H,12-13,15,17H2,1-3H3,(H,33,35)(H,36,37)/t19?,27-/m1/s1. The predicted molar refractivity (Wildman–Crippen MR) is 146 cm³/mol. The van der Waals surface area contributed by atoms with Crippen LogP contribution >= 0.6 is 0 Å². The number of ether oxygens (including phenoxy) is 1. The Morgan fingerprint density at radius 3 is 2.46 bits per heavy atom. The van der Waals surface area contributed by atoms with Gasteiger partial charge >= 0.3 is 6.61 Å². The van der Waals surface area contributed by atoms with Gasteiger partial charge in [0, 0.05) is 43.5 Å². The molecule has 0 radical (unpaired) electrons. The highest BCUT2D eigenvalue weighted by Gasteiger charge is 2.30. The molecule has 0 saturated carbocycles. The van der Waals surface area contributed by atoms with Crippen molar-refractivity contribution in [2.75, 3.05) is 6.54 Å². The Hall–Kier alpha value is -3.21. The van der Waals surface area contributed by atoms with Crippen LogP contribution in [0.25, 0.3) is 0 Å². The van der Waals surface area contributed by atoms with Gasteiger partial charge in [0.2, 0.25) is 5.88 Å². The van der Waals surface area contributed by atoms with Gasteiger partial charge in [-0.3, -0.25) is 9.69 Å². The molecule has 0 spiro atoms. The lowest BCUT2D eigenvalue weighted by Gasteiger charge is -2.40. The molecule has 39 heavy (non-hydrogen) atoms. The molecule has 1 aliphatic heterocycles. The Morgan fingerprint density at radius 1 is 1.13 bits per heavy atom. The van der Waals surface area contributed by atoms with Crippen molar-refractivity contribution in [1.82, 2.24) is 15.2 Å². The van der Waals surface area contributed by atoms with E-state index in [1.165, 1.54) is 11.6 Å². The maximum atomic E-state index is 12.9. The molecular formula is C29H33F2N3O4S. The summed E-state index contributed by atoms with van der Waals surface area (Å²) in [7, 11) is 0. The molecule has 208 valence electrons. The summed E-state index contributed by atoms with van der Waals surface area (Å²) in [4.78, 5) is 19.3. The van der Waals surface area contributed by atoms with E-state index in [2.05, 4.69) is 33.8 Å². The van der Waals surface area contributed by atoms with Gasteiger partial charge in [0.25, 0.3) is 5.91 Å². The first-order valence-electron chi connectivity index (χ1n) is 12.9. The average Bonchev–Trinajstić information content (AvgIpc) is 2.91. The van der Waals surface area contributed by atoms with Crippen LogP contribution in [0, 0.1) is 5.92 Å². The topological polar surface area (TPSA) is 91.8 Å². The fourth-order valence-electron chi connectivity index (χ4n) is 5.02. The third kappa shape index (κ3) is 7.26. The minimum absolute atomic E-state index is 0.102. The molecule has 10 heteroatoms. The quantitative estimate of drug-likeness (QED) is 0.313. The summed E-state index contributed by atoms with van der Waals surface area (Å²) in [5, 5.41) is 2.49. The Morgan fingerprint density at radius 2 is 1.85 bits per heavy atom. The van der Waals surface area contributed by atoms with Crippen LogP contribution < -0.4 is 10.1 Å². The van der Waals surface area contributed by atoms with E-state index >= 15 is 0 Å². The van der Waals surface area contributed by atoms with Crippen LogP contribution in [0.1, 0.15) is 70.2 Å². The number of rotatable bonds is 10. The second kappa shape index (κ2) is 12.8. The van der Waals surface area contributed by atoms with Crippen molar-refractivity contribution in [3.8, 4) is 5.88 Å². The minimum Gasteiger partial charge on any atom is -0.417 e. The first-order valence-corrected chi connectivity index (χ1v) is 14.0. The van der Waals surface area contributed by atoms with E-state index in [9.17, 15) is 22.3 Å². The maximum absolute atomic E-state index is 12.9. The molecule has 4 rings (SSSR count). The molecule has 2 heterocycles. The third-order valence-corrected chi connectivity index (χ3v) is 7.89. The van der Waals surface area contributed by atoms with Gasteiger partial charge in [0.05, 0.1) is 5.25 Å². The molecule has 3 atom stereocenters. The number of fused-ring (bicyclic) bond motifs is 1. The molecule has 0 bridgehead atoms. The zero-order chi connectivity index (χ0) is 28.1. The zero-order valence-corrected chi connectivity index (χ0v) is 23.0. The van der Waals surface area contributed by atoms with Crippen LogP contribution in [-0.2, 0) is 30.6 Å². The number of nitrogens with zero attached hydrogens (tertiary/aromatic N) is 2. The number of carbonyl (C=O) groups is 1. The van der Waals surface area contributed by atoms with E-state index in [1.54, 1.807) is 31.3 Å². The minimum atomic E-state index is -2.90. The van der Waals surface area contributed by atoms with Gasteiger partial charge in [-0.2, -0.15) is 8.78 Å². The summed E-state index contributed by atoms with van der Waals surface area (Å²) < 4.78 is 49.8. The van der Waals surface area contributed by atoms with E-state index < -0.39 is 22.9 Å². The molecule has 0 fully saturated rings. The Balaban J connectivity index is 1.41. The molecular weight excluding hydrogens is 524 g/mol. The van der Waals surface area contributed by atoms with E-state index in [1.807, 2.05) is 30.3 Å². The summed E-state index contributed by atoms with van der Waals surface area (Å²) in [6.07, 6.45) is 2.35. The number of nitrogens with one attached hydrogen (secondary N) is 1. The van der Waals surface area contributed by atoms with Gasteiger partial charge in [0.15, 0.2) is 11.1 Å². The lowest BCUT2D eigenvalue weighted by Crippen LogP contribution is -2.38. The van der Waals surface area contributed by atoms with Crippen LogP contribution in [0.4, 0.5) is 8.78 Å². The van der Waals surface area contributed by atoms with Crippen LogP contribution in [0.5, 0.6) is 5.88 Å². The van der Waals surface area contributed by atoms with E-state index in [4.69, 9.17) is 0 Å². The van der Waals surface area contributed by atoms with Crippen molar-refractivity contribution in [1.29, 1.82) is 0 Å². The smallest absolute Gasteiger partial charge is 0.388 e. The number of benzene rings is 2. The largest absolute Gasteiger partial charge is 0.417 e. The second-order valence-corrected chi connectivity index (χ2v) is 11.3. The highest BCUT2D eigenvalue weighted by atomic mass is 32.2. The first-order chi connectivity index (χ1) is 18.6. The van der Waals surface area contributed by atoms with Crippen LogP contribution in [-0.4, -0.2) is 37.7 Å². The molecule has 2 unspecified atom stereocenters. The number of carbonyl (C=O) groups excluding carboxylic acids is 1. The van der Waals surface area contributed by atoms with Crippen molar-refractivity contribution in [2.24, 2.45) is 5.92 Å². The van der Waals surface area contributed by atoms with Crippen LogP contribution in [0.3, 0.4) is 0 Å². The molecule has 0 saturated heterocycles. The molecule has 3 aromatic rings. The van der Waals surface area contributed by atoms with Gasteiger partial charge in [0.1, 0.15) is 0 Å². The summed E-state index contributed by atoms with van der Waals surface area (Å²) in [5.41, 5.74) is 5.51. The number of alkyl halides is 2. The molecule has 2 aromatic carbocycles. The first kappa shape index (κ1) is 28.8. The Bertz CT molecular complexity index is 1300. The number of aromatic nitrogens is 1. The lowest BCUT2D eigenvalue weighted by molar-refractivity contribution is -0.0528. The summed E-state index contributed by atoms with van der Waals surface area (Å²) in [6, 6.07) is 16.5.